The molecular weight excluding hydrogens is 378 g/mol. The van der Waals surface area contributed by atoms with Crippen molar-refractivity contribution < 1.29 is 22.6 Å². The van der Waals surface area contributed by atoms with Crippen molar-refractivity contribution in [1.29, 1.82) is 0 Å². The molecule has 6 nitrogen and oxygen atoms in total. The number of methoxy groups -OCH3 is 3. The molecule has 0 heterocycles. The van der Waals surface area contributed by atoms with Gasteiger partial charge in [-0.25, -0.2) is 8.42 Å². The molecule has 0 radical (unpaired) electrons. The molecule has 0 aliphatic rings. The van der Waals surface area contributed by atoms with Crippen LogP contribution in [0, 0.1) is 0 Å². The molecule has 2 rings (SSSR count). The Morgan fingerprint density at radius 2 is 1.46 bits per heavy atom. The molecule has 0 amide bonds. The summed E-state index contributed by atoms with van der Waals surface area (Å²) in [5.74, 6) is 1.16. The number of aryl methyl sites for hydroxylation is 1. The molecule has 28 heavy (non-hydrogen) atoms. The van der Waals surface area contributed by atoms with E-state index in [9.17, 15) is 8.42 Å². The second kappa shape index (κ2) is 10.2. The van der Waals surface area contributed by atoms with Gasteiger partial charge in [-0.3, -0.25) is 4.72 Å². The Morgan fingerprint density at radius 3 is 1.96 bits per heavy atom. The quantitative estimate of drug-likeness (QED) is 0.550. The standard InChI is InChI=1S/C21H29NO5S/c1-5-6-7-8-9-16-10-12-18(13-11-16)28(23,24)22-17-14-19(25-2)21(27-4)20(15-17)26-3/h10-15,22H,5-9H2,1-4H3. The second-order valence-corrected chi connectivity index (χ2v) is 8.16. The Morgan fingerprint density at radius 1 is 0.857 bits per heavy atom. The molecule has 2 aromatic carbocycles. The van der Waals surface area contributed by atoms with Crippen molar-refractivity contribution in [1.82, 2.24) is 0 Å². The van der Waals surface area contributed by atoms with Crippen molar-refractivity contribution in [3.8, 4) is 17.2 Å². The average molecular weight is 408 g/mol. The van der Waals surface area contributed by atoms with Crippen LogP contribution in [0.25, 0.3) is 0 Å². The van der Waals surface area contributed by atoms with Crippen molar-refractivity contribution in [2.45, 2.75) is 43.9 Å². The van der Waals surface area contributed by atoms with Crippen LogP contribution in [0.15, 0.2) is 41.3 Å². The number of sulfonamides is 1. The summed E-state index contributed by atoms with van der Waals surface area (Å²) in [6, 6.07) is 10.1. The van der Waals surface area contributed by atoms with Crippen molar-refractivity contribution in [3.05, 3.63) is 42.0 Å². The van der Waals surface area contributed by atoms with Crippen molar-refractivity contribution >= 4 is 15.7 Å². The van der Waals surface area contributed by atoms with Crippen LogP contribution in [0.2, 0.25) is 0 Å². The molecule has 0 atom stereocenters. The Labute approximate surface area is 167 Å². The Bertz CT molecular complexity index is 838. The lowest BCUT2D eigenvalue weighted by molar-refractivity contribution is 0.325. The third-order valence-corrected chi connectivity index (χ3v) is 5.87. The summed E-state index contributed by atoms with van der Waals surface area (Å²) in [4.78, 5) is 0.207. The number of benzene rings is 2. The maximum absolute atomic E-state index is 12.7. The molecule has 0 aliphatic heterocycles. The van der Waals surface area contributed by atoms with E-state index in [2.05, 4.69) is 11.6 Å². The Kier molecular flexibility index (Phi) is 7.99. The van der Waals surface area contributed by atoms with Gasteiger partial charge in [-0.1, -0.05) is 38.3 Å². The summed E-state index contributed by atoms with van der Waals surface area (Å²) in [6.07, 6.45) is 5.69. The molecule has 0 saturated carbocycles. The fraction of sp³-hybridized carbons (Fsp3) is 0.429. The van der Waals surface area contributed by atoms with Gasteiger partial charge in [0.05, 0.1) is 31.9 Å². The fourth-order valence-corrected chi connectivity index (χ4v) is 3.99. The van der Waals surface area contributed by atoms with Gasteiger partial charge in [0.25, 0.3) is 10.0 Å². The number of hydrogen-bond acceptors (Lipinski definition) is 5. The lowest BCUT2D eigenvalue weighted by Gasteiger charge is -2.15. The lowest BCUT2D eigenvalue weighted by Crippen LogP contribution is -2.13. The Balaban J connectivity index is 2.17. The van der Waals surface area contributed by atoms with Crippen molar-refractivity contribution in [3.63, 3.8) is 0 Å². The van der Waals surface area contributed by atoms with Crippen LogP contribution in [0.3, 0.4) is 0 Å². The van der Waals surface area contributed by atoms with E-state index in [1.165, 1.54) is 40.6 Å². The first-order valence-corrected chi connectivity index (χ1v) is 10.8. The number of rotatable bonds is 11. The molecule has 0 spiro atoms. The van der Waals surface area contributed by atoms with Gasteiger partial charge in [0.1, 0.15) is 0 Å². The summed E-state index contributed by atoms with van der Waals surface area (Å²) in [5.41, 5.74) is 1.47. The first-order valence-electron chi connectivity index (χ1n) is 9.37. The van der Waals surface area contributed by atoms with Crippen LogP contribution in [0.1, 0.15) is 38.2 Å². The molecule has 0 aromatic heterocycles. The summed E-state index contributed by atoms with van der Waals surface area (Å²) >= 11 is 0. The summed E-state index contributed by atoms with van der Waals surface area (Å²) in [7, 11) is 0.725. The number of unbranched alkanes of at least 4 members (excludes halogenated alkanes) is 3. The van der Waals surface area contributed by atoms with Gasteiger partial charge < -0.3 is 14.2 Å². The van der Waals surface area contributed by atoms with E-state index in [4.69, 9.17) is 14.2 Å². The van der Waals surface area contributed by atoms with E-state index < -0.39 is 10.0 Å². The molecule has 1 N–H and O–H groups in total. The first kappa shape index (κ1) is 21.9. The van der Waals surface area contributed by atoms with Gasteiger partial charge in [-0.05, 0) is 30.5 Å². The van der Waals surface area contributed by atoms with Gasteiger partial charge >= 0.3 is 0 Å². The van der Waals surface area contributed by atoms with E-state index in [-0.39, 0.29) is 4.90 Å². The molecule has 0 aliphatic carbocycles. The van der Waals surface area contributed by atoms with E-state index in [1.807, 2.05) is 12.1 Å². The van der Waals surface area contributed by atoms with E-state index in [1.54, 1.807) is 24.3 Å². The molecular formula is C21H29NO5S. The number of ether oxygens (including phenoxy) is 3. The summed E-state index contributed by atoms with van der Waals surface area (Å²) in [5, 5.41) is 0. The normalized spacial score (nSPS) is 11.1. The highest BCUT2D eigenvalue weighted by atomic mass is 32.2. The molecule has 0 saturated heterocycles. The van der Waals surface area contributed by atoms with Crippen molar-refractivity contribution in [2.24, 2.45) is 0 Å². The molecule has 7 heteroatoms. The van der Waals surface area contributed by atoms with E-state index >= 15 is 0 Å². The highest BCUT2D eigenvalue weighted by Gasteiger charge is 2.18. The molecule has 0 fully saturated rings. The fourth-order valence-electron chi connectivity index (χ4n) is 2.95. The van der Waals surface area contributed by atoms with E-state index in [0.717, 1.165) is 18.4 Å². The van der Waals surface area contributed by atoms with Crippen LogP contribution < -0.4 is 18.9 Å². The molecule has 154 valence electrons. The second-order valence-electron chi connectivity index (χ2n) is 6.47. The van der Waals surface area contributed by atoms with E-state index in [0.29, 0.717) is 22.9 Å². The number of hydrogen-bond donors (Lipinski definition) is 1. The smallest absolute Gasteiger partial charge is 0.261 e. The van der Waals surface area contributed by atoms with Crippen LogP contribution in [-0.4, -0.2) is 29.7 Å². The van der Waals surface area contributed by atoms with Gasteiger partial charge in [0.2, 0.25) is 5.75 Å². The van der Waals surface area contributed by atoms with Gasteiger partial charge in [-0.15, -0.1) is 0 Å². The van der Waals surface area contributed by atoms with Crippen LogP contribution in [0.5, 0.6) is 17.2 Å². The maximum atomic E-state index is 12.7. The van der Waals surface area contributed by atoms with Crippen LogP contribution >= 0.6 is 0 Å². The zero-order chi connectivity index (χ0) is 20.6. The SMILES string of the molecule is CCCCCCc1ccc(S(=O)(=O)Nc2cc(OC)c(OC)c(OC)c2)cc1. The summed E-state index contributed by atoms with van der Waals surface area (Å²) in [6.45, 7) is 2.18. The monoisotopic (exact) mass is 407 g/mol. The molecule has 0 unspecified atom stereocenters. The maximum Gasteiger partial charge on any atom is 0.261 e. The topological polar surface area (TPSA) is 73.9 Å². The summed E-state index contributed by atoms with van der Waals surface area (Å²) < 4.78 is 43.9. The van der Waals surface area contributed by atoms with Crippen LogP contribution in [-0.2, 0) is 16.4 Å². The third kappa shape index (κ3) is 5.55. The lowest BCUT2D eigenvalue weighted by atomic mass is 10.1. The number of nitrogens with one attached hydrogen (secondary N) is 1. The van der Waals surface area contributed by atoms with Crippen molar-refractivity contribution in [2.75, 3.05) is 26.1 Å². The zero-order valence-electron chi connectivity index (χ0n) is 16.9. The predicted octanol–water partition coefficient (Wildman–Crippen LogP) is 4.64. The first-order chi connectivity index (χ1) is 13.4. The number of anilines is 1. The highest BCUT2D eigenvalue weighted by molar-refractivity contribution is 7.92. The van der Waals surface area contributed by atoms with Gasteiger partial charge in [0, 0.05) is 12.1 Å². The minimum atomic E-state index is -3.73. The zero-order valence-corrected chi connectivity index (χ0v) is 17.8. The average Bonchev–Trinajstić information content (AvgIpc) is 2.70. The molecule has 2 aromatic rings. The minimum absolute atomic E-state index is 0.207. The van der Waals surface area contributed by atoms with Gasteiger partial charge in [-0.2, -0.15) is 0 Å². The van der Waals surface area contributed by atoms with Gasteiger partial charge in [0.15, 0.2) is 11.5 Å². The minimum Gasteiger partial charge on any atom is -0.493 e. The molecule has 0 bridgehead atoms. The predicted molar refractivity (Wildman–Crippen MR) is 111 cm³/mol. The largest absolute Gasteiger partial charge is 0.493 e. The van der Waals surface area contributed by atoms with Crippen LogP contribution in [0.4, 0.5) is 5.69 Å². The third-order valence-electron chi connectivity index (χ3n) is 4.47. The Hall–Kier alpha value is -2.41. The highest BCUT2D eigenvalue weighted by Crippen LogP contribution is 2.40.